The van der Waals surface area contributed by atoms with Crippen molar-refractivity contribution in [3.8, 4) is 0 Å². The van der Waals surface area contributed by atoms with Gasteiger partial charge in [0.15, 0.2) is 5.78 Å². The maximum absolute atomic E-state index is 11.1. The maximum atomic E-state index is 11.1. The van der Waals surface area contributed by atoms with E-state index in [0.717, 1.165) is 12.1 Å². The van der Waals surface area contributed by atoms with Crippen LogP contribution in [0.15, 0.2) is 78.9 Å². The molecule has 0 aromatic heterocycles. The molecule has 4 rings (SSSR count). The van der Waals surface area contributed by atoms with Gasteiger partial charge in [-0.2, -0.15) is 0 Å². The molecule has 1 aliphatic heterocycles. The van der Waals surface area contributed by atoms with E-state index in [0.29, 0.717) is 0 Å². The lowest BCUT2D eigenvalue weighted by molar-refractivity contribution is -0.112. The fourth-order valence-electron chi connectivity index (χ4n) is 3.36. The Hall–Kier alpha value is -3.39. The Balaban J connectivity index is 1.69. The van der Waals surface area contributed by atoms with Gasteiger partial charge >= 0.3 is 0 Å². The van der Waals surface area contributed by atoms with Gasteiger partial charge < -0.3 is 4.90 Å². The molecule has 0 fully saturated rings. The average Bonchev–Trinajstić information content (AvgIpc) is 2.85. The van der Waals surface area contributed by atoms with Gasteiger partial charge in [-0.3, -0.25) is 4.79 Å². The molecule has 132 valence electrons. The lowest BCUT2D eigenvalue weighted by atomic mass is 10.1. The van der Waals surface area contributed by atoms with Crippen LogP contribution in [0, 0.1) is 0 Å². The van der Waals surface area contributed by atoms with Crippen molar-refractivity contribution in [2.45, 2.75) is 13.5 Å². The third-order valence-electron chi connectivity index (χ3n) is 4.73. The molecule has 0 aliphatic carbocycles. The molecule has 0 saturated carbocycles. The van der Waals surface area contributed by atoms with E-state index < -0.39 is 0 Å². The number of rotatable bonds is 4. The Kier molecular flexibility index (Phi) is 4.71. The number of hydrogen-bond acceptors (Lipinski definition) is 2. The van der Waals surface area contributed by atoms with Crippen LogP contribution in [0.1, 0.15) is 29.2 Å². The van der Waals surface area contributed by atoms with E-state index in [1.165, 1.54) is 28.1 Å². The number of hydrogen-bond donors (Lipinski definition) is 0. The summed E-state index contributed by atoms with van der Waals surface area (Å²) >= 11 is 0. The summed E-state index contributed by atoms with van der Waals surface area (Å²) in [5.74, 6) is 0.0596. The summed E-state index contributed by atoms with van der Waals surface area (Å²) in [4.78, 5) is 13.5. The molecule has 2 heteroatoms. The topological polar surface area (TPSA) is 20.3 Å². The van der Waals surface area contributed by atoms with Crippen LogP contribution < -0.4 is 4.90 Å². The fourth-order valence-corrected chi connectivity index (χ4v) is 3.36. The lowest BCUT2D eigenvalue weighted by Gasteiger charge is -2.27. The highest BCUT2D eigenvalue weighted by Gasteiger charge is 2.17. The number of allylic oxidation sites excluding steroid dienone is 1. The van der Waals surface area contributed by atoms with Gasteiger partial charge in [-0.1, -0.05) is 78.9 Å². The van der Waals surface area contributed by atoms with Crippen molar-refractivity contribution >= 4 is 35.4 Å². The Morgan fingerprint density at radius 1 is 0.815 bits per heavy atom. The zero-order valence-electron chi connectivity index (χ0n) is 15.3. The van der Waals surface area contributed by atoms with Crippen LogP contribution in [0.3, 0.4) is 0 Å². The summed E-state index contributed by atoms with van der Waals surface area (Å²) in [5, 5.41) is 0. The van der Waals surface area contributed by atoms with E-state index in [4.69, 9.17) is 0 Å². The Morgan fingerprint density at radius 2 is 1.37 bits per heavy atom. The summed E-state index contributed by atoms with van der Waals surface area (Å²) in [7, 11) is 0. The SMILES string of the molecule is CC(=O)/C=C/c1ccc(CN2c3ccccc3C=Cc3ccccc32)cc1. The Labute approximate surface area is 160 Å². The highest BCUT2D eigenvalue weighted by atomic mass is 16.1. The highest BCUT2D eigenvalue weighted by molar-refractivity contribution is 5.91. The minimum Gasteiger partial charge on any atom is -0.336 e. The van der Waals surface area contributed by atoms with E-state index in [9.17, 15) is 4.79 Å². The van der Waals surface area contributed by atoms with Crippen molar-refractivity contribution in [3.63, 3.8) is 0 Å². The third-order valence-corrected chi connectivity index (χ3v) is 4.73. The Bertz CT molecular complexity index is 979. The average molecular weight is 351 g/mol. The van der Waals surface area contributed by atoms with Crippen molar-refractivity contribution in [3.05, 3.63) is 101 Å². The minimum absolute atomic E-state index is 0.0596. The van der Waals surface area contributed by atoms with Crippen molar-refractivity contribution in [2.24, 2.45) is 0 Å². The molecule has 0 N–H and O–H groups in total. The fraction of sp³-hybridized carbons (Fsp3) is 0.0800. The van der Waals surface area contributed by atoms with Crippen LogP contribution in [0.4, 0.5) is 11.4 Å². The largest absolute Gasteiger partial charge is 0.336 e. The molecule has 1 heterocycles. The number of anilines is 2. The van der Waals surface area contributed by atoms with Crippen molar-refractivity contribution in [1.29, 1.82) is 0 Å². The predicted octanol–water partition coefficient (Wildman–Crippen LogP) is 6.11. The molecular weight excluding hydrogens is 330 g/mol. The van der Waals surface area contributed by atoms with E-state index in [1.807, 2.05) is 6.08 Å². The number of carbonyl (C=O) groups is 1. The normalized spacial score (nSPS) is 12.6. The molecule has 0 unspecified atom stereocenters. The minimum atomic E-state index is 0.0596. The van der Waals surface area contributed by atoms with Gasteiger partial charge in [0.1, 0.15) is 0 Å². The number of carbonyl (C=O) groups excluding carboxylic acids is 1. The van der Waals surface area contributed by atoms with E-state index in [-0.39, 0.29) is 5.78 Å². The first-order chi connectivity index (χ1) is 13.2. The van der Waals surface area contributed by atoms with E-state index >= 15 is 0 Å². The molecule has 3 aromatic carbocycles. The molecule has 0 radical (unpaired) electrons. The van der Waals surface area contributed by atoms with Crippen molar-refractivity contribution in [2.75, 3.05) is 4.90 Å². The molecule has 0 amide bonds. The first-order valence-corrected chi connectivity index (χ1v) is 9.12. The molecule has 1 aliphatic rings. The zero-order chi connectivity index (χ0) is 18.6. The second-order valence-corrected chi connectivity index (χ2v) is 6.72. The van der Waals surface area contributed by atoms with Crippen molar-refractivity contribution < 1.29 is 4.79 Å². The van der Waals surface area contributed by atoms with Crippen LogP contribution in [-0.4, -0.2) is 5.78 Å². The quantitative estimate of drug-likeness (QED) is 0.528. The van der Waals surface area contributed by atoms with Gasteiger partial charge in [-0.15, -0.1) is 0 Å². The molecule has 0 spiro atoms. The third kappa shape index (κ3) is 3.75. The van der Waals surface area contributed by atoms with Gasteiger partial charge in [0.2, 0.25) is 0 Å². The van der Waals surface area contributed by atoms with Crippen LogP contribution in [0.2, 0.25) is 0 Å². The molecule has 0 bridgehead atoms. The molecule has 0 atom stereocenters. The second kappa shape index (κ2) is 7.46. The first-order valence-electron chi connectivity index (χ1n) is 9.12. The molecular formula is C25H21NO. The summed E-state index contributed by atoms with van der Waals surface area (Å²) in [6.45, 7) is 2.35. The number of ketones is 1. The monoisotopic (exact) mass is 351 g/mol. The molecule has 27 heavy (non-hydrogen) atoms. The van der Waals surface area contributed by atoms with Crippen molar-refractivity contribution in [1.82, 2.24) is 0 Å². The smallest absolute Gasteiger partial charge is 0.152 e. The number of nitrogens with zero attached hydrogens (tertiary/aromatic N) is 1. The predicted molar refractivity (Wildman–Crippen MR) is 114 cm³/mol. The van der Waals surface area contributed by atoms with Gasteiger partial charge in [0.05, 0.1) is 0 Å². The standard InChI is InChI=1S/C25H21NO/c1-19(27)10-11-20-12-14-21(15-13-20)18-26-24-8-4-2-6-22(24)16-17-23-7-3-5-9-25(23)26/h2-17H,18H2,1H3/b11-10+. The van der Waals surface area contributed by atoms with Crippen LogP contribution in [0.25, 0.3) is 18.2 Å². The summed E-state index contributed by atoms with van der Waals surface area (Å²) < 4.78 is 0. The van der Waals surface area contributed by atoms with Gasteiger partial charge in [-0.05, 0) is 47.4 Å². The zero-order valence-corrected chi connectivity index (χ0v) is 15.3. The molecule has 2 nitrogen and oxygen atoms in total. The van der Waals surface area contributed by atoms with Crippen LogP contribution in [-0.2, 0) is 11.3 Å². The Morgan fingerprint density at radius 3 is 1.93 bits per heavy atom. The van der Waals surface area contributed by atoms with Gasteiger partial charge in [-0.25, -0.2) is 0 Å². The van der Waals surface area contributed by atoms with Gasteiger partial charge in [0, 0.05) is 17.9 Å². The number of para-hydroxylation sites is 2. The van der Waals surface area contributed by atoms with E-state index in [2.05, 4.69) is 89.8 Å². The van der Waals surface area contributed by atoms with Crippen LogP contribution in [0.5, 0.6) is 0 Å². The second-order valence-electron chi connectivity index (χ2n) is 6.72. The first kappa shape index (κ1) is 17.0. The summed E-state index contributed by atoms with van der Waals surface area (Å²) in [6, 6.07) is 25.4. The number of benzene rings is 3. The molecule has 3 aromatic rings. The van der Waals surface area contributed by atoms with Crippen LogP contribution >= 0.6 is 0 Å². The number of fused-ring (bicyclic) bond motifs is 2. The van der Waals surface area contributed by atoms with E-state index in [1.54, 1.807) is 13.0 Å². The maximum Gasteiger partial charge on any atom is 0.152 e. The summed E-state index contributed by atoms with van der Waals surface area (Å²) in [6.07, 6.45) is 7.82. The van der Waals surface area contributed by atoms with Gasteiger partial charge in [0.25, 0.3) is 0 Å². The highest BCUT2D eigenvalue weighted by Crippen LogP contribution is 2.37. The lowest BCUT2D eigenvalue weighted by Crippen LogP contribution is -2.17. The summed E-state index contributed by atoms with van der Waals surface area (Å²) in [5.41, 5.74) is 7.11. The molecule has 0 saturated heterocycles.